The van der Waals surface area contributed by atoms with E-state index in [9.17, 15) is 4.79 Å². The van der Waals surface area contributed by atoms with Crippen LogP contribution in [0.5, 0.6) is 0 Å². The molecule has 0 amide bonds. The van der Waals surface area contributed by atoms with Crippen LogP contribution in [0.1, 0.15) is 40.0 Å². The SMILES string of the molecule is CC(=O)ONC1=CCCC/C1=C\C(C)C. The quantitative estimate of drug-likeness (QED) is 0.726. The van der Waals surface area contributed by atoms with Crippen LogP contribution in [0.3, 0.4) is 0 Å². The molecule has 0 fully saturated rings. The second kappa shape index (κ2) is 5.59. The third kappa shape index (κ3) is 4.19. The van der Waals surface area contributed by atoms with Crippen LogP contribution in [0.25, 0.3) is 0 Å². The van der Waals surface area contributed by atoms with Crippen molar-refractivity contribution in [3.8, 4) is 0 Å². The highest BCUT2D eigenvalue weighted by Crippen LogP contribution is 2.23. The van der Waals surface area contributed by atoms with Gasteiger partial charge in [0, 0.05) is 6.92 Å². The molecule has 0 unspecified atom stereocenters. The van der Waals surface area contributed by atoms with Gasteiger partial charge in [-0.05, 0) is 30.8 Å². The van der Waals surface area contributed by atoms with Gasteiger partial charge in [0.05, 0.1) is 5.70 Å². The number of nitrogens with one attached hydrogen (secondary N) is 1. The Morgan fingerprint density at radius 2 is 2.33 bits per heavy atom. The molecule has 1 aliphatic rings. The molecule has 0 radical (unpaired) electrons. The van der Waals surface area contributed by atoms with E-state index in [1.54, 1.807) is 0 Å². The summed E-state index contributed by atoms with van der Waals surface area (Å²) < 4.78 is 0. The van der Waals surface area contributed by atoms with Crippen LogP contribution < -0.4 is 5.48 Å². The Morgan fingerprint density at radius 1 is 1.60 bits per heavy atom. The van der Waals surface area contributed by atoms with Crippen molar-refractivity contribution in [2.75, 3.05) is 0 Å². The Morgan fingerprint density at radius 3 is 2.93 bits per heavy atom. The van der Waals surface area contributed by atoms with E-state index in [0.29, 0.717) is 5.92 Å². The van der Waals surface area contributed by atoms with Crippen LogP contribution in [0.2, 0.25) is 0 Å². The van der Waals surface area contributed by atoms with Gasteiger partial charge >= 0.3 is 5.97 Å². The first-order valence-electron chi connectivity index (χ1n) is 5.44. The predicted molar refractivity (Wildman–Crippen MR) is 59.8 cm³/mol. The fourth-order valence-corrected chi connectivity index (χ4v) is 1.61. The average Bonchev–Trinajstić information content (AvgIpc) is 2.15. The van der Waals surface area contributed by atoms with E-state index in [1.165, 1.54) is 18.9 Å². The number of hydroxylamine groups is 1. The van der Waals surface area contributed by atoms with Gasteiger partial charge in [-0.3, -0.25) is 4.79 Å². The Balaban J connectivity index is 2.65. The molecule has 0 aromatic rings. The van der Waals surface area contributed by atoms with E-state index >= 15 is 0 Å². The molecule has 3 heteroatoms. The van der Waals surface area contributed by atoms with Gasteiger partial charge < -0.3 is 4.84 Å². The molecule has 0 atom stereocenters. The fraction of sp³-hybridized carbons (Fsp3) is 0.583. The molecule has 84 valence electrons. The lowest BCUT2D eigenvalue weighted by atomic mass is 9.96. The van der Waals surface area contributed by atoms with E-state index in [1.807, 2.05) is 0 Å². The number of carbonyl (C=O) groups excluding carboxylic acids is 1. The second-order valence-corrected chi connectivity index (χ2v) is 4.14. The number of carbonyl (C=O) groups is 1. The van der Waals surface area contributed by atoms with Gasteiger partial charge in [-0.1, -0.05) is 26.0 Å². The van der Waals surface area contributed by atoms with Crippen molar-refractivity contribution in [1.82, 2.24) is 5.48 Å². The minimum atomic E-state index is -0.314. The van der Waals surface area contributed by atoms with Crippen molar-refractivity contribution in [3.63, 3.8) is 0 Å². The largest absolute Gasteiger partial charge is 0.344 e. The van der Waals surface area contributed by atoms with Crippen molar-refractivity contribution in [2.24, 2.45) is 5.92 Å². The molecule has 1 N–H and O–H groups in total. The fourth-order valence-electron chi connectivity index (χ4n) is 1.61. The second-order valence-electron chi connectivity index (χ2n) is 4.14. The molecule has 1 aliphatic carbocycles. The minimum absolute atomic E-state index is 0.314. The Bertz CT molecular complexity index is 290. The highest BCUT2D eigenvalue weighted by atomic mass is 16.7. The normalized spacial score (nSPS) is 18.9. The summed E-state index contributed by atoms with van der Waals surface area (Å²) in [5.41, 5.74) is 4.92. The monoisotopic (exact) mass is 209 g/mol. The molecule has 0 aliphatic heterocycles. The van der Waals surface area contributed by atoms with Crippen LogP contribution in [0, 0.1) is 5.92 Å². The number of hydrogen-bond donors (Lipinski definition) is 1. The summed E-state index contributed by atoms with van der Waals surface area (Å²) in [5, 5.41) is 0. The summed E-state index contributed by atoms with van der Waals surface area (Å²) in [5.74, 6) is 0.200. The Kier molecular flexibility index (Phi) is 4.40. The molecule has 0 aromatic carbocycles. The summed E-state index contributed by atoms with van der Waals surface area (Å²) in [7, 11) is 0. The van der Waals surface area contributed by atoms with E-state index in [2.05, 4.69) is 31.5 Å². The van der Waals surface area contributed by atoms with Gasteiger partial charge in [0.1, 0.15) is 0 Å². The molecule has 0 bridgehead atoms. The molecule has 0 saturated carbocycles. The number of rotatable bonds is 3. The van der Waals surface area contributed by atoms with Gasteiger partial charge in [-0.2, -0.15) is 0 Å². The van der Waals surface area contributed by atoms with Gasteiger partial charge in [-0.15, -0.1) is 0 Å². The zero-order chi connectivity index (χ0) is 11.3. The van der Waals surface area contributed by atoms with E-state index in [4.69, 9.17) is 4.84 Å². The molecule has 1 rings (SSSR count). The molecule has 15 heavy (non-hydrogen) atoms. The standard InChI is InChI=1S/C12H19NO2/c1-9(2)8-11-6-4-5-7-12(11)13-15-10(3)14/h7-9,13H,4-6H2,1-3H3/b11-8+. The minimum Gasteiger partial charge on any atom is -0.344 e. The van der Waals surface area contributed by atoms with Gasteiger partial charge in [-0.25, -0.2) is 5.48 Å². The van der Waals surface area contributed by atoms with Crippen LogP contribution >= 0.6 is 0 Å². The summed E-state index contributed by atoms with van der Waals surface area (Å²) in [4.78, 5) is 15.5. The first-order valence-corrected chi connectivity index (χ1v) is 5.44. The molecule has 0 spiro atoms. The van der Waals surface area contributed by atoms with Crippen LogP contribution in [0.4, 0.5) is 0 Å². The summed E-state index contributed by atoms with van der Waals surface area (Å²) >= 11 is 0. The third-order valence-electron chi connectivity index (χ3n) is 2.18. The highest BCUT2D eigenvalue weighted by Gasteiger charge is 2.11. The lowest BCUT2D eigenvalue weighted by molar-refractivity contribution is -0.146. The van der Waals surface area contributed by atoms with Crippen LogP contribution in [-0.2, 0) is 9.63 Å². The Hall–Kier alpha value is -1.25. The van der Waals surface area contributed by atoms with E-state index in [0.717, 1.165) is 18.5 Å². The predicted octanol–water partition coefficient (Wildman–Crippen LogP) is 2.70. The van der Waals surface area contributed by atoms with Crippen LogP contribution in [-0.4, -0.2) is 5.97 Å². The molecule has 3 nitrogen and oxygen atoms in total. The van der Waals surface area contributed by atoms with E-state index in [-0.39, 0.29) is 5.97 Å². The molecular formula is C12H19NO2. The molecule has 0 saturated heterocycles. The molecular weight excluding hydrogens is 190 g/mol. The summed E-state index contributed by atoms with van der Waals surface area (Å²) in [6.07, 6.45) is 7.56. The number of hydrogen-bond acceptors (Lipinski definition) is 3. The van der Waals surface area contributed by atoms with Crippen molar-refractivity contribution in [2.45, 2.75) is 40.0 Å². The molecule has 0 aromatic heterocycles. The van der Waals surface area contributed by atoms with E-state index < -0.39 is 0 Å². The maximum Gasteiger partial charge on any atom is 0.329 e. The van der Waals surface area contributed by atoms with Gasteiger partial charge in [0.2, 0.25) is 0 Å². The molecule has 0 heterocycles. The maximum absolute atomic E-state index is 10.7. The van der Waals surface area contributed by atoms with Crippen molar-refractivity contribution >= 4 is 5.97 Å². The first kappa shape index (κ1) is 11.8. The lowest BCUT2D eigenvalue weighted by Gasteiger charge is -2.18. The topological polar surface area (TPSA) is 38.3 Å². The average molecular weight is 209 g/mol. The van der Waals surface area contributed by atoms with Crippen molar-refractivity contribution < 1.29 is 9.63 Å². The summed E-state index contributed by atoms with van der Waals surface area (Å²) in [6.45, 7) is 5.68. The lowest BCUT2D eigenvalue weighted by Crippen LogP contribution is -2.20. The number of allylic oxidation sites excluding steroid dienone is 3. The van der Waals surface area contributed by atoms with Crippen molar-refractivity contribution in [1.29, 1.82) is 0 Å². The van der Waals surface area contributed by atoms with Gasteiger partial charge in [0.25, 0.3) is 0 Å². The van der Waals surface area contributed by atoms with Gasteiger partial charge in [0.15, 0.2) is 0 Å². The zero-order valence-electron chi connectivity index (χ0n) is 9.67. The van der Waals surface area contributed by atoms with Crippen LogP contribution in [0.15, 0.2) is 23.4 Å². The Labute approximate surface area is 91.1 Å². The van der Waals surface area contributed by atoms with Crippen molar-refractivity contribution in [3.05, 3.63) is 23.4 Å². The smallest absolute Gasteiger partial charge is 0.329 e. The summed E-state index contributed by atoms with van der Waals surface area (Å²) in [6, 6.07) is 0. The third-order valence-corrected chi connectivity index (χ3v) is 2.18. The first-order chi connectivity index (χ1) is 7.09. The maximum atomic E-state index is 10.7. The zero-order valence-corrected chi connectivity index (χ0v) is 9.67. The highest BCUT2D eigenvalue weighted by molar-refractivity contribution is 5.65.